The van der Waals surface area contributed by atoms with Gasteiger partial charge in [0.05, 0.1) is 5.41 Å². The van der Waals surface area contributed by atoms with Gasteiger partial charge in [0.15, 0.2) is 0 Å². The lowest BCUT2D eigenvalue weighted by atomic mass is 9.70. The van der Waals surface area contributed by atoms with Gasteiger partial charge in [-0.05, 0) is 109 Å². The molecule has 2 aliphatic carbocycles. The van der Waals surface area contributed by atoms with Crippen molar-refractivity contribution in [3.05, 3.63) is 210 Å². The molecule has 1 atom stereocenters. The number of hydrogen-bond acceptors (Lipinski definition) is 2. The quantitative estimate of drug-likeness (QED) is 0.181. The maximum absolute atomic E-state index is 2.40. The van der Waals surface area contributed by atoms with Crippen LogP contribution in [0.4, 0.5) is 17.1 Å². The Bertz CT molecular complexity index is 2830. The highest BCUT2D eigenvalue weighted by Crippen LogP contribution is 2.66. The van der Waals surface area contributed by atoms with Crippen molar-refractivity contribution in [3.8, 4) is 32.7 Å². The van der Waals surface area contributed by atoms with Crippen LogP contribution in [-0.2, 0) is 5.41 Å². The van der Waals surface area contributed by atoms with Gasteiger partial charge in [0, 0.05) is 26.6 Å². The van der Waals surface area contributed by atoms with Gasteiger partial charge < -0.3 is 4.90 Å². The normalized spacial score (nSPS) is 15.1. The first-order chi connectivity index (χ1) is 25.3. The largest absolute Gasteiger partial charge is 0.310 e. The molecule has 2 aliphatic rings. The first kappa shape index (κ1) is 28.6. The van der Waals surface area contributed by atoms with Crippen molar-refractivity contribution < 1.29 is 0 Å². The minimum Gasteiger partial charge on any atom is -0.310 e. The first-order valence-corrected chi connectivity index (χ1v) is 18.4. The summed E-state index contributed by atoms with van der Waals surface area (Å²) in [5.74, 6) is 0. The Morgan fingerprint density at radius 2 is 1.04 bits per heavy atom. The van der Waals surface area contributed by atoms with Crippen LogP contribution in [0.2, 0.25) is 0 Å². The second-order valence-electron chi connectivity index (χ2n) is 13.6. The molecule has 1 heterocycles. The zero-order valence-electron chi connectivity index (χ0n) is 27.8. The van der Waals surface area contributed by atoms with Crippen molar-refractivity contribution in [1.29, 1.82) is 0 Å². The highest BCUT2D eigenvalue weighted by molar-refractivity contribution is 7.22. The molecule has 1 aromatic heterocycles. The van der Waals surface area contributed by atoms with Crippen LogP contribution in [0, 0.1) is 0 Å². The Morgan fingerprint density at radius 1 is 0.412 bits per heavy atom. The number of para-hydroxylation sites is 1. The highest BCUT2D eigenvalue weighted by Gasteiger charge is 2.53. The third-order valence-electron chi connectivity index (χ3n) is 11.0. The molecule has 0 saturated heterocycles. The van der Waals surface area contributed by atoms with E-state index < -0.39 is 0 Å². The van der Waals surface area contributed by atoms with Gasteiger partial charge in [-0.3, -0.25) is 0 Å². The fraction of sp³-hybridized carbons (Fsp3) is 0.0204. The zero-order valence-corrected chi connectivity index (χ0v) is 28.6. The summed E-state index contributed by atoms with van der Waals surface area (Å²) in [6.07, 6.45) is 0. The number of benzene rings is 8. The van der Waals surface area contributed by atoms with E-state index in [-0.39, 0.29) is 5.41 Å². The Hall–Kier alpha value is -6.22. The van der Waals surface area contributed by atoms with Crippen LogP contribution in [0.5, 0.6) is 0 Å². The monoisotopic (exact) mass is 665 g/mol. The molecule has 1 nitrogen and oxygen atoms in total. The van der Waals surface area contributed by atoms with Crippen LogP contribution in [0.15, 0.2) is 188 Å². The van der Waals surface area contributed by atoms with E-state index >= 15 is 0 Å². The van der Waals surface area contributed by atoms with E-state index in [0.29, 0.717) is 0 Å². The Labute approximate surface area is 301 Å². The third-order valence-corrected chi connectivity index (χ3v) is 12.2. The Balaban J connectivity index is 1.16. The van der Waals surface area contributed by atoms with Crippen LogP contribution in [0.1, 0.15) is 22.3 Å². The third kappa shape index (κ3) is 3.97. The average molecular weight is 666 g/mol. The van der Waals surface area contributed by atoms with Crippen LogP contribution >= 0.6 is 11.3 Å². The van der Waals surface area contributed by atoms with E-state index in [9.17, 15) is 0 Å². The molecule has 0 aliphatic heterocycles. The van der Waals surface area contributed by atoms with Gasteiger partial charge >= 0.3 is 0 Å². The molecule has 0 fully saturated rings. The summed E-state index contributed by atoms with van der Waals surface area (Å²) < 4.78 is 1.35. The molecular weight excluding hydrogens is 635 g/mol. The van der Waals surface area contributed by atoms with Crippen LogP contribution in [-0.4, -0.2) is 0 Å². The second-order valence-corrected chi connectivity index (χ2v) is 14.7. The lowest BCUT2D eigenvalue weighted by Crippen LogP contribution is -2.25. The summed E-state index contributed by atoms with van der Waals surface area (Å²) in [5.41, 5.74) is 15.1. The molecule has 11 rings (SSSR count). The second kappa shape index (κ2) is 10.9. The van der Waals surface area contributed by atoms with E-state index in [1.807, 2.05) is 11.3 Å². The predicted molar refractivity (Wildman–Crippen MR) is 216 cm³/mol. The van der Waals surface area contributed by atoms with Gasteiger partial charge in [0.1, 0.15) is 0 Å². The molecule has 0 radical (unpaired) electrons. The molecule has 0 bridgehead atoms. The topological polar surface area (TPSA) is 3.24 Å². The van der Waals surface area contributed by atoms with Gasteiger partial charge in [-0.25, -0.2) is 0 Å². The molecule has 0 saturated carbocycles. The fourth-order valence-corrected chi connectivity index (χ4v) is 10.3. The molecule has 0 amide bonds. The molecule has 1 spiro atoms. The van der Waals surface area contributed by atoms with Crippen molar-refractivity contribution in [3.63, 3.8) is 0 Å². The van der Waals surface area contributed by atoms with Gasteiger partial charge in [0.2, 0.25) is 0 Å². The van der Waals surface area contributed by atoms with Crippen molar-refractivity contribution in [2.75, 3.05) is 4.90 Å². The number of hydrogen-bond donors (Lipinski definition) is 0. The zero-order chi connectivity index (χ0) is 33.5. The Morgan fingerprint density at radius 3 is 1.92 bits per heavy atom. The van der Waals surface area contributed by atoms with Crippen molar-refractivity contribution >= 4 is 49.3 Å². The van der Waals surface area contributed by atoms with E-state index in [0.717, 1.165) is 17.1 Å². The molecule has 8 aromatic carbocycles. The molecule has 2 heteroatoms. The number of anilines is 3. The smallest absolute Gasteiger partial charge is 0.0740 e. The average Bonchev–Trinajstić information content (AvgIpc) is 3.82. The summed E-state index contributed by atoms with van der Waals surface area (Å²) in [5, 5.41) is 3.83. The minimum atomic E-state index is -0.383. The van der Waals surface area contributed by atoms with E-state index in [4.69, 9.17) is 0 Å². The lowest BCUT2D eigenvalue weighted by molar-refractivity contribution is 0.803. The minimum absolute atomic E-state index is 0.383. The van der Waals surface area contributed by atoms with Crippen LogP contribution < -0.4 is 4.90 Å². The van der Waals surface area contributed by atoms with Crippen molar-refractivity contribution in [2.24, 2.45) is 0 Å². The number of thiophene rings is 1. The summed E-state index contributed by atoms with van der Waals surface area (Å²) in [6.45, 7) is 0. The molecule has 0 unspecified atom stereocenters. The van der Waals surface area contributed by atoms with E-state index in [1.54, 1.807) is 0 Å². The number of fused-ring (bicyclic) bond motifs is 13. The predicted octanol–water partition coefficient (Wildman–Crippen LogP) is 13.5. The lowest BCUT2D eigenvalue weighted by Gasteiger charge is -2.30. The van der Waals surface area contributed by atoms with Crippen LogP contribution in [0.25, 0.3) is 53.6 Å². The highest BCUT2D eigenvalue weighted by atomic mass is 32.1. The number of rotatable bonds is 4. The van der Waals surface area contributed by atoms with Crippen molar-refractivity contribution in [2.45, 2.75) is 5.41 Å². The molecule has 0 N–H and O–H groups in total. The summed E-state index contributed by atoms with van der Waals surface area (Å²) >= 11 is 1.94. The van der Waals surface area contributed by atoms with Gasteiger partial charge in [-0.15, -0.1) is 11.3 Å². The standard InChI is InChI=1S/C49H31NS/c1-2-17-35(18-3-1)50(37-29-28-32-14-4-5-15-33(32)30-37)36-19-12-16-34(31-36)38-23-13-26-44-46(38)39-20-6-9-24-42(39)49(44)43-25-10-7-21-40(43)48-47(49)41-22-8-11-27-45(41)51-48/h1-31H/t49-/m0/s1. The van der Waals surface area contributed by atoms with Crippen LogP contribution in [0.3, 0.4) is 0 Å². The van der Waals surface area contributed by atoms with E-state index in [2.05, 4.69) is 193 Å². The summed E-state index contributed by atoms with van der Waals surface area (Å²) in [7, 11) is 0. The molecule has 238 valence electrons. The van der Waals surface area contributed by atoms with Crippen molar-refractivity contribution in [1.82, 2.24) is 0 Å². The maximum atomic E-state index is 2.40. The maximum Gasteiger partial charge on any atom is 0.0740 e. The fourth-order valence-electron chi connectivity index (χ4n) is 9.03. The summed E-state index contributed by atoms with van der Waals surface area (Å²) in [4.78, 5) is 3.78. The molecule has 9 aromatic rings. The summed E-state index contributed by atoms with van der Waals surface area (Å²) in [6, 6.07) is 69.5. The van der Waals surface area contributed by atoms with Gasteiger partial charge in [0.25, 0.3) is 0 Å². The number of nitrogens with zero attached hydrogens (tertiary/aromatic N) is 1. The molecule has 51 heavy (non-hydrogen) atoms. The first-order valence-electron chi connectivity index (χ1n) is 17.6. The van der Waals surface area contributed by atoms with Gasteiger partial charge in [-0.2, -0.15) is 0 Å². The molecular formula is C49H31NS. The van der Waals surface area contributed by atoms with Gasteiger partial charge in [-0.1, -0.05) is 146 Å². The van der Waals surface area contributed by atoms with E-state index in [1.165, 1.54) is 75.8 Å². The SMILES string of the molecule is c1ccc(N(c2cccc(-c3cccc4c3-c3ccccc3[C@]43c4ccccc4-c4sc5ccccc5c43)c2)c2ccc3ccccc3c2)cc1. The Kier molecular flexibility index (Phi) is 6.11.